The van der Waals surface area contributed by atoms with Crippen LogP contribution in [0, 0.1) is 0 Å². The lowest BCUT2D eigenvalue weighted by Gasteiger charge is -2.10. The number of benzene rings is 3. The summed E-state index contributed by atoms with van der Waals surface area (Å²) in [6, 6.07) is 17.9. The molecule has 0 fully saturated rings. The van der Waals surface area contributed by atoms with Crippen molar-refractivity contribution in [3.63, 3.8) is 0 Å². The molecule has 2 N–H and O–H groups in total. The van der Waals surface area contributed by atoms with Crippen molar-refractivity contribution >= 4 is 35.8 Å². The van der Waals surface area contributed by atoms with Crippen molar-refractivity contribution in [3.05, 3.63) is 82.9 Å². The second-order valence-corrected chi connectivity index (χ2v) is 8.35. The Bertz CT molecular complexity index is 1120. The summed E-state index contributed by atoms with van der Waals surface area (Å²) in [5.41, 5.74) is 1.03. The number of carbonyl (C=O) groups excluding carboxylic acids is 2. The van der Waals surface area contributed by atoms with E-state index < -0.39 is 0 Å². The van der Waals surface area contributed by atoms with Crippen molar-refractivity contribution in [2.45, 2.75) is 6.42 Å². The molecular formula is C27H31Cl2NO7. The Hall–Kier alpha value is -3.46. The second kappa shape index (κ2) is 16.3. The SMILES string of the molecule is CN(C)CCOC(=O)COc1ccc(Cl)cc1.COc1ccc(CC(=O)c2ccc(O)cc2O)cc1.Cl. The van der Waals surface area contributed by atoms with Gasteiger partial charge in [0.2, 0.25) is 0 Å². The van der Waals surface area contributed by atoms with Crippen molar-refractivity contribution in [1.82, 2.24) is 4.90 Å². The number of aromatic hydroxyl groups is 2. The second-order valence-electron chi connectivity index (χ2n) is 7.92. The van der Waals surface area contributed by atoms with Gasteiger partial charge in [0.25, 0.3) is 0 Å². The third kappa shape index (κ3) is 11.9. The molecule has 3 aromatic carbocycles. The minimum Gasteiger partial charge on any atom is -0.508 e. The van der Waals surface area contributed by atoms with Gasteiger partial charge in [-0.15, -0.1) is 12.4 Å². The summed E-state index contributed by atoms with van der Waals surface area (Å²) in [6.45, 7) is 0.984. The van der Waals surface area contributed by atoms with Gasteiger partial charge >= 0.3 is 5.97 Å². The van der Waals surface area contributed by atoms with Gasteiger partial charge in [0.1, 0.15) is 29.6 Å². The molecule has 37 heavy (non-hydrogen) atoms. The van der Waals surface area contributed by atoms with Crippen LogP contribution in [0.5, 0.6) is 23.0 Å². The maximum absolute atomic E-state index is 12.0. The Morgan fingerprint density at radius 2 is 1.54 bits per heavy atom. The monoisotopic (exact) mass is 551 g/mol. The van der Waals surface area contributed by atoms with Crippen LogP contribution in [0.25, 0.3) is 0 Å². The van der Waals surface area contributed by atoms with Gasteiger partial charge in [-0.05, 0) is 68.2 Å². The van der Waals surface area contributed by atoms with Gasteiger partial charge in [-0.1, -0.05) is 23.7 Å². The van der Waals surface area contributed by atoms with Crippen LogP contribution in [0.4, 0.5) is 0 Å². The van der Waals surface area contributed by atoms with E-state index in [2.05, 4.69) is 0 Å². The molecule has 0 amide bonds. The normalized spacial score (nSPS) is 9.97. The molecule has 0 saturated carbocycles. The Morgan fingerprint density at radius 3 is 2.11 bits per heavy atom. The van der Waals surface area contributed by atoms with Gasteiger partial charge in [-0.3, -0.25) is 4.79 Å². The van der Waals surface area contributed by atoms with Crippen LogP contribution >= 0.6 is 24.0 Å². The van der Waals surface area contributed by atoms with E-state index in [9.17, 15) is 19.8 Å². The molecule has 0 spiro atoms. The van der Waals surface area contributed by atoms with E-state index >= 15 is 0 Å². The molecule has 0 aromatic heterocycles. The third-order valence-electron chi connectivity index (χ3n) is 4.78. The average molecular weight is 552 g/mol. The van der Waals surface area contributed by atoms with Crippen LogP contribution in [0.2, 0.25) is 5.02 Å². The molecule has 0 aliphatic rings. The van der Waals surface area contributed by atoms with Crippen LogP contribution in [0.1, 0.15) is 15.9 Å². The van der Waals surface area contributed by atoms with Crippen molar-refractivity contribution in [1.29, 1.82) is 0 Å². The molecule has 0 heterocycles. The number of hydrogen-bond donors (Lipinski definition) is 2. The van der Waals surface area contributed by atoms with E-state index in [0.717, 1.165) is 17.4 Å². The molecule has 200 valence electrons. The Kier molecular flexibility index (Phi) is 13.9. The van der Waals surface area contributed by atoms with Crippen LogP contribution in [-0.2, 0) is 16.0 Å². The van der Waals surface area contributed by atoms with Crippen LogP contribution in [0.3, 0.4) is 0 Å². The average Bonchev–Trinajstić information content (AvgIpc) is 2.84. The number of rotatable bonds is 10. The zero-order valence-corrected chi connectivity index (χ0v) is 22.4. The molecule has 3 rings (SSSR count). The summed E-state index contributed by atoms with van der Waals surface area (Å²) in [5.74, 6) is 0.462. The van der Waals surface area contributed by atoms with Crippen molar-refractivity contribution in [2.24, 2.45) is 0 Å². The van der Waals surface area contributed by atoms with Crippen LogP contribution < -0.4 is 9.47 Å². The minimum absolute atomic E-state index is 0. The number of hydrogen-bond acceptors (Lipinski definition) is 8. The number of likely N-dealkylation sites (N-methyl/N-ethyl adjacent to an activating group) is 1. The quantitative estimate of drug-likeness (QED) is 0.274. The summed E-state index contributed by atoms with van der Waals surface area (Å²) < 4.78 is 15.2. The molecule has 0 aliphatic carbocycles. The fraction of sp³-hybridized carbons (Fsp3) is 0.259. The van der Waals surface area contributed by atoms with Gasteiger partial charge in [0.15, 0.2) is 12.4 Å². The summed E-state index contributed by atoms with van der Waals surface area (Å²) in [7, 11) is 5.41. The number of nitrogens with zero attached hydrogens (tertiary/aromatic N) is 1. The van der Waals surface area contributed by atoms with Gasteiger partial charge < -0.3 is 29.3 Å². The maximum Gasteiger partial charge on any atom is 0.344 e. The van der Waals surface area contributed by atoms with Crippen LogP contribution in [-0.4, -0.2) is 67.8 Å². The standard InChI is InChI=1S/C15H14O4.C12H16ClNO3.ClH/c1-19-12-5-2-10(3-6-12)8-14(17)13-7-4-11(16)9-15(13)18;1-14(2)7-8-16-12(15)9-17-11-5-3-10(13)4-6-11;/h2-7,9,16,18H,8H2,1H3;3-6H,7-9H2,1-2H3;1H. The Morgan fingerprint density at radius 1 is 0.919 bits per heavy atom. The number of phenols is 2. The summed E-state index contributed by atoms with van der Waals surface area (Å²) >= 11 is 5.72. The van der Waals surface area contributed by atoms with E-state index in [4.69, 9.17) is 25.8 Å². The predicted octanol–water partition coefficient (Wildman–Crippen LogP) is 4.78. The molecule has 0 unspecified atom stereocenters. The summed E-state index contributed by atoms with van der Waals surface area (Å²) in [4.78, 5) is 25.2. The van der Waals surface area contributed by atoms with Crippen molar-refractivity contribution < 1.29 is 34.0 Å². The molecule has 8 nitrogen and oxygen atoms in total. The Balaban J connectivity index is 0.000000363. The van der Waals surface area contributed by atoms with E-state index in [1.54, 1.807) is 55.6 Å². The van der Waals surface area contributed by atoms with Gasteiger partial charge in [-0.25, -0.2) is 4.79 Å². The number of Topliss-reactive ketones (excluding diaryl/α,β-unsaturated/α-hetero) is 1. The topological polar surface area (TPSA) is 106 Å². The Labute approximate surface area is 227 Å². The fourth-order valence-corrected chi connectivity index (χ4v) is 2.96. The van der Waals surface area contributed by atoms with Gasteiger partial charge in [0.05, 0.1) is 12.7 Å². The number of halogens is 2. The molecule has 3 aromatic rings. The number of ether oxygens (including phenoxy) is 3. The lowest BCUT2D eigenvalue weighted by atomic mass is 10.0. The summed E-state index contributed by atoms with van der Waals surface area (Å²) in [5, 5.41) is 19.4. The lowest BCUT2D eigenvalue weighted by Crippen LogP contribution is -2.22. The number of esters is 1. The molecule has 0 radical (unpaired) electrons. The van der Waals surface area contributed by atoms with E-state index in [0.29, 0.717) is 23.9 Å². The van der Waals surface area contributed by atoms with Crippen molar-refractivity contribution in [3.8, 4) is 23.0 Å². The first-order chi connectivity index (χ1) is 17.2. The smallest absolute Gasteiger partial charge is 0.344 e. The molecule has 0 atom stereocenters. The number of methoxy groups -OCH3 is 1. The van der Waals surface area contributed by atoms with E-state index in [1.807, 2.05) is 19.0 Å². The highest BCUT2D eigenvalue weighted by atomic mass is 35.5. The first-order valence-electron chi connectivity index (χ1n) is 11.0. The number of carbonyl (C=O) groups is 2. The zero-order valence-electron chi connectivity index (χ0n) is 20.8. The van der Waals surface area contributed by atoms with Crippen LogP contribution in [0.15, 0.2) is 66.7 Å². The van der Waals surface area contributed by atoms with Gasteiger partial charge in [0, 0.05) is 24.1 Å². The summed E-state index contributed by atoms with van der Waals surface area (Å²) in [6.07, 6.45) is 0.183. The minimum atomic E-state index is -0.373. The molecule has 0 saturated heterocycles. The maximum atomic E-state index is 12.0. The molecular weight excluding hydrogens is 521 g/mol. The molecule has 0 bridgehead atoms. The van der Waals surface area contributed by atoms with E-state index in [-0.39, 0.29) is 54.2 Å². The highest BCUT2D eigenvalue weighted by Gasteiger charge is 2.12. The zero-order chi connectivity index (χ0) is 26.5. The first-order valence-corrected chi connectivity index (χ1v) is 11.4. The molecule has 10 heteroatoms. The van der Waals surface area contributed by atoms with Crippen molar-refractivity contribution in [2.75, 3.05) is 41.0 Å². The fourth-order valence-electron chi connectivity index (χ4n) is 2.84. The molecule has 0 aliphatic heterocycles. The largest absolute Gasteiger partial charge is 0.508 e. The highest BCUT2D eigenvalue weighted by molar-refractivity contribution is 6.30. The lowest BCUT2D eigenvalue weighted by molar-refractivity contribution is -0.146. The van der Waals surface area contributed by atoms with E-state index in [1.165, 1.54) is 12.1 Å². The first kappa shape index (κ1) is 31.6. The number of ketones is 1. The predicted molar refractivity (Wildman–Crippen MR) is 145 cm³/mol. The van der Waals surface area contributed by atoms with Gasteiger partial charge in [-0.2, -0.15) is 0 Å². The third-order valence-corrected chi connectivity index (χ3v) is 5.03. The number of phenolic OH excluding ortho intramolecular Hbond substituents is 2. The highest BCUT2D eigenvalue weighted by Crippen LogP contribution is 2.24.